The molecular weight excluding hydrogens is 379 g/mol. The lowest BCUT2D eigenvalue weighted by molar-refractivity contribution is 0.0616. The number of carbonyl (C=O) groups is 1. The molecule has 2 aliphatic heterocycles. The summed E-state index contributed by atoms with van der Waals surface area (Å²) in [5.74, 6) is -0.0551. The molecule has 6 heteroatoms. The Labute approximate surface area is 175 Å². The number of rotatable bonds is 5. The molecule has 2 unspecified atom stereocenters. The van der Waals surface area contributed by atoms with Gasteiger partial charge in [0.15, 0.2) is 5.78 Å². The van der Waals surface area contributed by atoms with Gasteiger partial charge in [-0.3, -0.25) is 9.69 Å². The molecule has 0 saturated carbocycles. The van der Waals surface area contributed by atoms with Gasteiger partial charge in [0.1, 0.15) is 5.82 Å². The Morgan fingerprint density at radius 3 is 2.87 bits per heavy atom. The van der Waals surface area contributed by atoms with Crippen LogP contribution in [0.1, 0.15) is 42.1 Å². The summed E-state index contributed by atoms with van der Waals surface area (Å²) in [7, 11) is 0. The number of nitrogens with zero attached hydrogens (tertiary/aromatic N) is 3. The monoisotopic (exact) mass is 406 g/mol. The number of halogens is 1. The summed E-state index contributed by atoms with van der Waals surface area (Å²) in [6.45, 7) is 5.76. The maximum absolute atomic E-state index is 13.5. The fourth-order valence-electron chi connectivity index (χ4n) is 5.15. The molecular formula is C24H27FN4O. The van der Waals surface area contributed by atoms with E-state index in [9.17, 15) is 9.18 Å². The van der Waals surface area contributed by atoms with E-state index in [4.69, 9.17) is 0 Å². The molecule has 2 aliphatic rings. The minimum Gasteiger partial charge on any atom is -0.326 e. The molecule has 3 heterocycles. The van der Waals surface area contributed by atoms with Crippen LogP contribution in [-0.4, -0.2) is 51.4 Å². The van der Waals surface area contributed by atoms with Gasteiger partial charge >= 0.3 is 0 Å². The number of carbonyl (C=O) groups excluding carboxylic acids is 1. The van der Waals surface area contributed by atoms with Crippen molar-refractivity contribution in [3.63, 3.8) is 0 Å². The quantitative estimate of drug-likeness (QED) is 0.658. The van der Waals surface area contributed by atoms with Gasteiger partial charge < -0.3 is 9.88 Å². The lowest BCUT2D eigenvalue weighted by Crippen LogP contribution is -2.53. The highest BCUT2D eigenvalue weighted by Gasteiger charge is 2.46. The molecule has 2 aromatic carbocycles. The highest BCUT2D eigenvalue weighted by Crippen LogP contribution is 2.35. The Kier molecular flexibility index (Phi) is 4.91. The highest BCUT2D eigenvalue weighted by molar-refractivity contribution is 6.03. The van der Waals surface area contributed by atoms with Crippen molar-refractivity contribution in [2.45, 2.75) is 44.3 Å². The van der Waals surface area contributed by atoms with E-state index in [1.165, 1.54) is 12.1 Å². The van der Waals surface area contributed by atoms with E-state index >= 15 is 0 Å². The van der Waals surface area contributed by atoms with Crippen molar-refractivity contribution >= 4 is 16.8 Å². The highest BCUT2D eigenvalue weighted by atomic mass is 19.1. The number of imidazole rings is 1. The first-order valence-electron chi connectivity index (χ1n) is 10.8. The number of hydrogen-bond donors (Lipinski definition) is 1. The Hall–Kier alpha value is -2.57. The van der Waals surface area contributed by atoms with Crippen LogP contribution in [-0.2, 0) is 6.54 Å². The standard InChI is InChI=1S/C24H27FN4O/c1-24(10-2-12-29(24)20-9-11-26-14-20)23(30)18-5-3-17(4-6-18)15-28-16-27-21-13-19(25)7-8-22(21)28/h3-8,13,16,20,26H,2,9-12,14-15H2,1H3. The maximum Gasteiger partial charge on any atom is 0.182 e. The number of aromatic nitrogens is 2. The average molecular weight is 407 g/mol. The zero-order chi connectivity index (χ0) is 20.7. The molecule has 0 amide bonds. The molecule has 30 heavy (non-hydrogen) atoms. The second-order valence-electron chi connectivity index (χ2n) is 8.75. The molecule has 0 radical (unpaired) electrons. The second-order valence-corrected chi connectivity index (χ2v) is 8.75. The number of ketones is 1. The molecule has 5 nitrogen and oxygen atoms in total. The molecule has 2 fully saturated rings. The van der Waals surface area contributed by atoms with Gasteiger partial charge in [-0.1, -0.05) is 24.3 Å². The molecule has 3 aromatic rings. The van der Waals surface area contributed by atoms with Crippen molar-refractivity contribution in [1.82, 2.24) is 19.8 Å². The van der Waals surface area contributed by atoms with Gasteiger partial charge in [0, 0.05) is 30.8 Å². The lowest BCUT2D eigenvalue weighted by Gasteiger charge is -2.38. The number of nitrogens with one attached hydrogen (secondary N) is 1. The van der Waals surface area contributed by atoms with Crippen molar-refractivity contribution in [2.75, 3.05) is 19.6 Å². The number of likely N-dealkylation sites (tertiary alicyclic amines) is 1. The third-order valence-electron chi connectivity index (χ3n) is 6.81. The minimum atomic E-state index is -0.414. The predicted octanol–water partition coefficient (Wildman–Crippen LogP) is 3.62. The Morgan fingerprint density at radius 1 is 1.27 bits per heavy atom. The van der Waals surface area contributed by atoms with Crippen LogP contribution in [0.2, 0.25) is 0 Å². The summed E-state index contributed by atoms with van der Waals surface area (Å²) in [6.07, 6.45) is 4.84. The molecule has 0 spiro atoms. The molecule has 2 atom stereocenters. The van der Waals surface area contributed by atoms with Crippen molar-refractivity contribution in [2.24, 2.45) is 0 Å². The molecule has 2 saturated heterocycles. The van der Waals surface area contributed by atoms with E-state index in [0.717, 1.165) is 55.5 Å². The van der Waals surface area contributed by atoms with Gasteiger partial charge in [0.2, 0.25) is 0 Å². The van der Waals surface area contributed by atoms with Crippen LogP contribution >= 0.6 is 0 Å². The largest absolute Gasteiger partial charge is 0.326 e. The van der Waals surface area contributed by atoms with Crippen LogP contribution in [0, 0.1) is 5.82 Å². The second kappa shape index (κ2) is 7.60. The number of benzene rings is 2. The fraction of sp³-hybridized carbons (Fsp3) is 0.417. The Balaban J connectivity index is 1.34. The van der Waals surface area contributed by atoms with Crippen molar-refractivity contribution in [3.8, 4) is 0 Å². The summed E-state index contributed by atoms with van der Waals surface area (Å²) in [6, 6.07) is 13.0. The molecule has 1 aromatic heterocycles. The summed E-state index contributed by atoms with van der Waals surface area (Å²) in [5.41, 5.74) is 3.00. The molecule has 0 aliphatic carbocycles. The smallest absolute Gasteiger partial charge is 0.182 e. The van der Waals surface area contributed by atoms with Crippen LogP contribution < -0.4 is 5.32 Å². The normalized spacial score (nSPS) is 24.7. The summed E-state index contributed by atoms with van der Waals surface area (Å²) < 4.78 is 15.4. The van der Waals surface area contributed by atoms with E-state index < -0.39 is 5.54 Å². The number of Topliss-reactive ketones (excluding diaryl/α,β-unsaturated/α-hetero) is 1. The SMILES string of the molecule is CC1(C(=O)c2ccc(Cn3cnc4cc(F)ccc43)cc2)CCCN1C1CCNC1. The van der Waals surface area contributed by atoms with E-state index in [-0.39, 0.29) is 11.6 Å². The Morgan fingerprint density at radius 2 is 2.10 bits per heavy atom. The van der Waals surface area contributed by atoms with Gasteiger partial charge in [0.05, 0.1) is 22.9 Å². The van der Waals surface area contributed by atoms with E-state index in [2.05, 4.69) is 22.1 Å². The molecule has 1 N–H and O–H groups in total. The maximum atomic E-state index is 13.5. The van der Waals surface area contributed by atoms with Crippen LogP contribution in [0.5, 0.6) is 0 Å². The molecule has 5 rings (SSSR count). The first-order chi connectivity index (χ1) is 14.5. The van der Waals surface area contributed by atoms with E-state index in [1.54, 1.807) is 12.4 Å². The number of fused-ring (bicyclic) bond motifs is 1. The van der Waals surface area contributed by atoms with Gasteiger partial charge in [0.25, 0.3) is 0 Å². The zero-order valence-corrected chi connectivity index (χ0v) is 17.3. The zero-order valence-electron chi connectivity index (χ0n) is 17.3. The van der Waals surface area contributed by atoms with Crippen molar-refractivity contribution in [1.29, 1.82) is 0 Å². The Bertz CT molecular complexity index is 1070. The predicted molar refractivity (Wildman–Crippen MR) is 115 cm³/mol. The van der Waals surface area contributed by atoms with Gasteiger partial charge in [-0.05, 0) is 57.0 Å². The van der Waals surface area contributed by atoms with Crippen LogP contribution in [0.25, 0.3) is 11.0 Å². The molecule has 0 bridgehead atoms. The summed E-state index contributed by atoms with van der Waals surface area (Å²) >= 11 is 0. The van der Waals surface area contributed by atoms with Crippen LogP contribution in [0.15, 0.2) is 48.8 Å². The minimum absolute atomic E-state index is 0.224. The average Bonchev–Trinajstić information content (AvgIpc) is 3.49. The van der Waals surface area contributed by atoms with Crippen molar-refractivity contribution in [3.05, 3.63) is 65.7 Å². The first kappa shape index (κ1) is 19.4. The summed E-state index contributed by atoms with van der Waals surface area (Å²) in [4.78, 5) is 20.2. The van der Waals surface area contributed by atoms with E-state index in [0.29, 0.717) is 18.1 Å². The van der Waals surface area contributed by atoms with Crippen LogP contribution in [0.4, 0.5) is 4.39 Å². The number of hydrogen-bond acceptors (Lipinski definition) is 4. The van der Waals surface area contributed by atoms with Gasteiger partial charge in [-0.15, -0.1) is 0 Å². The van der Waals surface area contributed by atoms with Crippen LogP contribution in [0.3, 0.4) is 0 Å². The van der Waals surface area contributed by atoms with Gasteiger partial charge in [-0.2, -0.15) is 0 Å². The topological polar surface area (TPSA) is 50.2 Å². The van der Waals surface area contributed by atoms with Crippen molar-refractivity contribution < 1.29 is 9.18 Å². The molecule has 156 valence electrons. The third kappa shape index (κ3) is 3.34. The third-order valence-corrected chi connectivity index (χ3v) is 6.81. The van der Waals surface area contributed by atoms with Gasteiger partial charge in [-0.25, -0.2) is 9.37 Å². The summed E-state index contributed by atoms with van der Waals surface area (Å²) in [5, 5.41) is 3.43. The van der Waals surface area contributed by atoms with E-state index in [1.807, 2.05) is 28.8 Å². The first-order valence-corrected chi connectivity index (χ1v) is 10.8. The lowest BCUT2D eigenvalue weighted by atomic mass is 9.87. The fourth-order valence-corrected chi connectivity index (χ4v) is 5.15.